The van der Waals surface area contributed by atoms with Crippen molar-refractivity contribution in [2.45, 2.75) is 13.2 Å². The van der Waals surface area contributed by atoms with E-state index in [4.69, 9.17) is 9.47 Å². The molecule has 1 N–H and O–H groups in total. The summed E-state index contributed by atoms with van der Waals surface area (Å²) in [4.78, 5) is 6.24. The van der Waals surface area contributed by atoms with Gasteiger partial charge in [-0.05, 0) is 35.9 Å². The van der Waals surface area contributed by atoms with Crippen LogP contribution in [-0.2, 0) is 13.2 Å². The second-order valence-corrected chi connectivity index (χ2v) is 6.12. The topological polar surface area (TPSA) is 54.8 Å². The van der Waals surface area contributed by atoms with Gasteiger partial charge in [0.25, 0.3) is 0 Å². The molecule has 2 aromatic carbocycles. The third kappa shape index (κ3) is 5.21. The average Bonchev–Trinajstić information content (AvgIpc) is 2.73. The summed E-state index contributed by atoms with van der Waals surface area (Å²) < 4.78 is 11.4. The Morgan fingerprint density at radius 2 is 1.81 bits per heavy atom. The molecule has 0 spiro atoms. The first-order valence-electron chi connectivity index (χ1n) is 8.89. The summed E-state index contributed by atoms with van der Waals surface area (Å²) in [6.07, 6.45) is 3.53. The maximum absolute atomic E-state index is 9.43. The standard InChI is InChI=1S/C22H24N2O3/c1-26-21-10-9-18(14-22(21)27-17-19-6-5-11-23-15-19)16-24(12-13-25)20-7-3-2-4-8-20/h2-11,14-15,25H,12-13,16-17H2,1H3. The van der Waals surface area contributed by atoms with Crippen LogP contribution in [0, 0.1) is 0 Å². The number of aliphatic hydroxyl groups excluding tert-OH is 1. The van der Waals surface area contributed by atoms with E-state index in [1.807, 2.05) is 60.7 Å². The maximum Gasteiger partial charge on any atom is 0.162 e. The van der Waals surface area contributed by atoms with Gasteiger partial charge in [-0.15, -0.1) is 0 Å². The van der Waals surface area contributed by atoms with Crippen molar-refractivity contribution in [3.63, 3.8) is 0 Å². The van der Waals surface area contributed by atoms with E-state index in [1.165, 1.54) is 0 Å². The second-order valence-electron chi connectivity index (χ2n) is 6.12. The maximum atomic E-state index is 9.43. The quantitative estimate of drug-likeness (QED) is 0.628. The lowest BCUT2D eigenvalue weighted by Crippen LogP contribution is -2.26. The fourth-order valence-corrected chi connectivity index (χ4v) is 2.86. The van der Waals surface area contributed by atoms with Crippen molar-refractivity contribution in [1.82, 2.24) is 4.98 Å². The summed E-state index contributed by atoms with van der Waals surface area (Å²) in [6, 6.07) is 19.8. The van der Waals surface area contributed by atoms with Crippen LogP contribution in [0.5, 0.6) is 11.5 Å². The second kappa shape index (κ2) is 9.59. The molecule has 3 aromatic rings. The Kier molecular flexibility index (Phi) is 6.66. The predicted octanol–water partition coefficient (Wildman–Crippen LogP) is 3.67. The molecule has 0 bridgehead atoms. The minimum absolute atomic E-state index is 0.0927. The number of anilines is 1. The summed E-state index contributed by atoms with van der Waals surface area (Å²) in [5.74, 6) is 1.38. The summed E-state index contributed by atoms with van der Waals surface area (Å²) in [5.41, 5.74) is 3.14. The predicted molar refractivity (Wildman–Crippen MR) is 106 cm³/mol. The van der Waals surface area contributed by atoms with E-state index in [0.29, 0.717) is 31.2 Å². The van der Waals surface area contributed by atoms with Crippen molar-refractivity contribution in [2.24, 2.45) is 0 Å². The molecule has 1 aromatic heterocycles. The van der Waals surface area contributed by atoms with Crippen LogP contribution in [0.4, 0.5) is 5.69 Å². The molecule has 0 amide bonds. The minimum Gasteiger partial charge on any atom is -0.493 e. The van der Waals surface area contributed by atoms with E-state index in [0.717, 1.165) is 16.8 Å². The molecule has 0 fully saturated rings. The zero-order chi connectivity index (χ0) is 18.9. The molecule has 0 unspecified atom stereocenters. The molecule has 0 aliphatic carbocycles. The number of aromatic nitrogens is 1. The number of rotatable bonds is 9. The van der Waals surface area contributed by atoms with Crippen molar-refractivity contribution < 1.29 is 14.6 Å². The number of hydrogen-bond acceptors (Lipinski definition) is 5. The number of pyridine rings is 1. The Hall–Kier alpha value is -3.05. The molecular weight excluding hydrogens is 340 g/mol. The highest BCUT2D eigenvalue weighted by atomic mass is 16.5. The molecule has 0 aliphatic heterocycles. The highest BCUT2D eigenvalue weighted by Crippen LogP contribution is 2.30. The van der Waals surface area contributed by atoms with Gasteiger partial charge >= 0.3 is 0 Å². The van der Waals surface area contributed by atoms with E-state index in [-0.39, 0.29) is 6.61 Å². The number of benzene rings is 2. The Morgan fingerprint density at radius 3 is 2.52 bits per heavy atom. The van der Waals surface area contributed by atoms with E-state index >= 15 is 0 Å². The van der Waals surface area contributed by atoms with Crippen molar-refractivity contribution in [3.05, 3.63) is 84.2 Å². The van der Waals surface area contributed by atoms with Crippen LogP contribution in [0.15, 0.2) is 73.1 Å². The molecule has 0 atom stereocenters. The highest BCUT2D eigenvalue weighted by molar-refractivity contribution is 5.49. The van der Waals surface area contributed by atoms with Gasteiger partial charge in [0, 0.05) is 36.7 Å². The zero-order valence-electron chi connectivity index (χ0n) is 15.4. The number of aliphatic hydroxyl groups is 1. The summed E-state index contributed by atoms with van der Waals surface area (Å²) in [5, 5.41) is 9.43. The van der Waals surface area contributed by atoms with Gasteiger partial charge in [-0.3, -0.25) is 4.98 Å². The molecule has 140 valence electrons. The van der Waals surface area contributed by atoms with Gasteiger partial charge in [0.2, 0.25) is 0 Å². The fraction of sp³-hybridized carbons (Fsp3) is 0.227. The first kappa shape index (κ1) is 18.7. The van der Waals surface area contributed by atoms with E-state index in [1.54, 1.807) is 19.5 Å². The third-order valence-corrected chi connectivity index (χ3v) is 4.21. The van der Waals surface area contributed by atoms with Gasteiger partial charge in [0.15, 0.2) is 11.5 Å². The molecular formula is C22H24N2O3. The summed E-state index contributed by atoms with van der Waals surface area (Å²) in [7, 11) is 1.63. The van der Waals surface area contributed by atoms with Crippen molar-refractivity contribution in [1.29, 1.82) is 0 Å². The van der Waals surface area contributed by atoms with E-state index in [9.17, 15) is 5.11 Å². The first-order chi connectivity index (χ1) is 13.3. The normalized spacial score (nSPS) is 10.4. The van der Waals surface area contributed by atoms with Crippen molar-refractivity contribution in [2.75, 3.05) is 25.2 Å². The lowest BCUT2D eigenvalue weighted by Gasteiger charge is -2.24. The van der Waals surface area contributed by atoms with Crippen LogP contribution in [0.1, 0.15) is 11.1 Å². The lowest BCUT2D eigenvalue weighted by atomic mass is 10.1. The minimum atomic E-state index is 0.0927. The summed E-state index contributed by atoms with van der Waals surface area (Å²) >= 11 is 0. The van der Waals surface area contributed by atoms with E-state index < -0.39 is 0 Å². The van der Waals surface area contributed by atoms with Gasteiger partial charge in [-0.2, -0.15) is 0 Å². The SMILES string of the molecule is COc1ccc(CN(CCO)c2ccccc2)cc1OCc1cccnc1. The third-order valence-electron chi connectivity index (χ3n) is 4.21. The molecule has 1 heterocycles. The average molecular weight is 364 g/mol. The highest BCUT2D eigenvalue weighted by Gasteiger charge is 2.11. The van der Waals surface area contributed by atoms with Crippen LogP contribution in [0.2, 0.25) is 0 Å². The Labute approximate surface area is 159 Å². The molecule has 0 saturated carbocycles. The van der Waals surface area contributed by atoms with Gasteiger partial charge in [-0.25, -0.2) is 0 Å². The van der Waals surface area contributed by atoms with E-state index in [2.05, 4.69) is 9.88 Å². The Balaban J connectivity index is 1.77. The van der Waals surface area contributed by atoms with Crippen LogP contribution < -0.4 is 14.4 Å². The molecule has 0 aliphatic rings. The number of nitrogens with zero attached hydrogens (tertiary/aromatic N) is 2. The Morgan fingerprint density at radius 1 is 0.963 bits per heavy atom. The van der Waals surface area contributed by atoms with Gasteiger partial charge in [0.05, 0.1) is 13.7 Å². The fourth-order valence-electron chi connectivity index (χ4n) is 2.86. The number of methoxy groups -OCH3 is 1. The lowest BCUT2D eigenvalue weighted by molar-refractivity contribution is 0.283. The Bertz CT molecular complexity index is 825. The smallest absolute Gasteiger partial charge is 0.162 e. The number of hydrogen-bond donors (Lipinski definition) is 1. The summed E-state index contributed by atoms with van der Waals surface area (Å²) in [6.45, 7) is 1.74. The van der Waals surface area contributed by atoms with Crippen LogP contribution >= 0.6 is 0 Å². The number of para-hydroxylation sites is 1. The van der Waals surface area contributed by atoms with Crippen LogP contribution in [-0.4, -0.2) is 30.4 Å². The van der Waals surface area contributed by atoms with Crippen molar-refractivity contribution in [3.8, 4) is 11.5 Å². The first-order valence-corrected chi connectivity index (χ1v) is 8.89. The molecule has 3 rings (SSSR count). The molecule has 0 saturated heterocycles. The van der Waals surface area contributed by atoms with Gasteiger partial charge in [-0.1, -0.05) is 30.3 Å². The largest absolute Gasteiger partial charge is 0.493 e. The molecule has 27 heavy (non-hydrogen) atoms. The van der Waals surface area contributed by atoms with Crippen LogP contribution in [0.25, 0.3) is 0 Å². The monoisotopic (exact) mass is 364 g/mol. The zero-order valence-corrected chi connectivity index (χ0v) is 15.4. The number of ether oxygens (including phenoxy) is 2. The van der Waals surface area contributed by atoms with Gasteiger partial charge in [0.1, 0.15) is 6.61 Å². The van der Waals surface area contributed by atoms with Crippen LogP contribution in [0.3, 0.4) is 0 Å². The molecule has 5 nitrogen and oxygen atoms in total. The van der Waals surface area contributed by atoms with Crippen molar-refractivity contribution >= 4 is 5.69 Å². The molecule has 0 radical (unpaired) electrons. The molecule has 5 heteroatoms. The van der Waals surface area contributed by atoms with Gasteiger partial charge < -0.3 is 19.5 Å².